The van der Waals surface area contributed by atoms with Gasteiger partial charge in [0.25, 0.3) is 0 Å². The van der Waals surface area contributed by atoms with Crippen molar-refractivity contribution in [2.24, 2.45) is 17.4 Å². The van der Waals surface area contributed by atoms with Crippen LogP contribution >= 0.6 is 0 Å². The van der Waals surface area contributed by atoms with Crippen LogP contribution in [0.4, 0.5) is 0 Å². The van der Waals surface area contributed by atoms with Crippen LogP contribution in [0.2, 0.25) is 0 Å². The van der Waals surface area contributed by atoms with Crippen molar-refractivity contribution in [2.75, 3.05) is 0 Å². The van der Waals surface area contributed by atoms with Gasteiger partial charge >= 0.3 is 0 Å². The maximum atomic E-state index is 10.5. The molecule has 1 fully saturated rings. The predicted octanol–water partition coefficient (Wildman–Crippen LogP) is -1.04. The minimum Gasteiger partial charge on any atom is -0.382 e. The first-order chi connectivity index (χ1) is 5.13. The van der Waals surface area contributed by atoms with Crippen LogP contribution in [0, 0.1) is 5.92 Å². The fourth-order valence-corrected chi connectivity index (χ4v) is 1.27. The molecule has 2 atom stereocenters. The number of amides is 1. The molecule has 0 aromatic heterocycles. The lowest BCUT2D eigenvalue weighted by Gasteiger charge is -2.32. The number of hydrogen-bond donors (Lipinski definition) is 3. The molecule has 0 heterocycles. The Balaban J connectivity index is 2.38. The second-order valence-electron chi connectivity index (χ2n) is 3.12. The maximum absolute atomic E-state index is 10.5. The zero-order valence-corrected chi connectivity index (χ0v) is 6.36. The molecular weight excluding hydrogens is 144 g/mol. The van der Waals surface area contributed by atoms with E-state index >= 15 is 0 Å². The number of aliphatic hydroxyl groups excluding tert-OH is 1. The highest BCUT2D eigenvalue weighted by Gasteiger charge is 2.31. The third-order valence-corrected chi connectivity index (χ3v) is 2.35. The molecule has 64 valence electrons. The van der Waals surface area contributed by atoms with E-state index in [1.54, 1.807) is 0 Å². The highest BCUT2D eigenvalue weighted by Crippen LogP contribution is 2.29. The van der Waals surface area contributed by atoms with E-state index in [4.69, 9.17) is 16.6 Å². The Bertz CT molecular complexity index is 157. The molecule has 0 radical (unpaired) electrons. The molecule has 0 aromatic carbocycles. The van der Waals surface area contributed by atoms with Gasteiger partial charge in [-0.25, -0.2) is 0 Å². The van der Waals surface area contributed by atoms with Crippen molar-refractivity contribution in [3.05, 3.63) is 0 Å². The van der Waals surface area contributed by atoms with Gasteiger partial charge in [-0.05, 0) is 18.8 Å². The number of hydrogen-bond acceptors (Lipinski definition) is 3. The van der Waals surface area contributed by atoms with Crippen LogP contribution in [0.15, 0.2) is 0 Å². The summed E-state index contributed by atoms with van der Waals surface area (Å²) < 4.78 is 0. The van der Waals surface area contributed by atoms with Gasteiger partial charge in [-0.2, -0.15) is 0 Å². The second-order valence-corrected chi connectivity index (χ2v) is 3.12. The molecule has 4 nitrogen and oxygen atoms in total. The van der Waals surface area contributed by atoms with Crippen LogP contribution in [-0.2, 0) is 4.79 Å². The molecule has 11 heavy (non-hydrogen) atoms. The van der Waals surface area contributed by atoms with Gasteiger partial charge in [-0.3, -0.25) is 4.79 Å². The van der Waals surface area contributed by atoms with E-state index in [0.29, 0.717) is 0 Å². The summed E-state index contributed by atoms with van der Waals surface area (Å²) >= 11 is 0. The van der Waals surface area contributed by atoms with Crippen LogP contribution in [0.3, 0.4) is 0 Å². The van der Waals surface area contributed by atoms with Gasteiger partial charge in [-0.1, -0.05) is 6.42 Å². The molecule has 0 bridgehead atoms. The molecule has 4 heteroatoms. The average molecular weight is 158 g/mol. The topological polar surface area (TPSA) is 89.3 Å². The Morgan fingerprint density at radius 3 is 2.36 bits per heavy atom. The van der Waals surface area contributed by atoms with Gasteiger partial charge in [0.1, 0.15) is 6.10 Å². The van der Waals surface area contributed by atoms with E-state index in [-0.39, 0.29) is 5.92 Å². The SMILES string of the molecule is NC(=O)C(O)C(N)C1CCC1. The molecular formula is C7H14N2O2. The number of aliphatic hydroxyl groups is 1. The number of primary amides is 1. The van der Waals surface area contributed by atoms with Crippen LogP contribution in [-0.4, -0.2) is 23.2 Å². The van der Waals surface area contributed by atoms with Gasteiger partial charge < -0.3 is 16.6 Å². The molecule has 0 aliphatic heterocycles. The summed E-state index contributed by atoms with van der Waals surface area (Å²) in [4.78, 5) is 10.5. The minimum absolute atomic E-state index is 0.289. The average Bonchev–Trinajstić information content (AvgIpc) is 1.82. The second kappa shape index (κ2) is 3.19. The Morgan fingerprint density at radius 2 is 2.09 bits per heavy atom. The third kappa shape index (κ3) is 1.70. The van der Waals surface area contributed by atoms with Crippen molar-refractivity contribution in [1.82, 2.24) is 0 Å². The Kier molecular flexibility index (Phi) is 2.46. The summed E-state index contributed by atoms with van der Waals surface area (Å²) in [5.41, 5.74) is 10.5. The van der Waals surface area contributed by atoms with Crippen LogP contribution < -0.4 is 11.5 Å². The van der Waals surface area contributed by atoms with E-state index in [1.807, 2.05) is 0 Å². The molecule has 1 saturated carbocycles. The van der Waals surface area contributed by atoms with E-state index < -0.39 is 18.1 Å². The van der Waals surface area contributed by atoms with Crippen LogP contribution in [0.25, 0.3) is 0 Å². The molecule has 1 aliphatic carbocycles. The molecule has 1 rings (SSSR count). The van der Waals surface area contributed by atoms with Gasteiger partial charge in [0.15, 0.2) is 0 Å². The first-order valence-corrected chi connectivity index (χ1v) is 3.86. The predicted molar refractivity (Wildman–Crippen MR) is 40.5 cm³/mol. The first kappa shape index (κ1) is 8.49. The van der Waals surface area contributed by atoms with Crippen molar-refractivity contribution < 1.29 is 9.90 Å². The van der Waals surface area contributed by atoms with Gasteiger partial charge in [0, 0.05) is 6.04 Å². The zero-order chi connectivity index (χ0) is 8.43. The minimum atomic E-state index is -1.17. The number of nitrogens with two attached hydrogens (primary N) is 2. The summed E-state index contributed by atoms with van der Waals surface area (Å²) in [5, 5.41) is 9.13. The van der Waals surface area contributed by atoms with Gasteiger partial charge in [-0.15, -0.1) is 0 Å². The standard InChI is InChI=1S/C7H14N2O2/c8-5(4-2-1-3-4)6(10)7(9)11/h4-6,10H,1-3,8H2,(H2,9,11). The number of carbonyl (C=O) groups excluding carboxylic acids is 1. The largest absolute Gasteiger partial charge is 0.382 e. The zero-order valence-electron chi connectivity index (χ0n) is 6.36. The third-order valence-electron chi connectivity index (χ3n) is 2.35. The summed E-state index contributed by atoms with van der Waals surface area (Å²) in [5.74, 6) is -0.429. The quantitative estimate of drug-likeness (QED) is 0.490. The summed E-state index contributed by atoms with van der Waals surface area (Å²) in [6, 6.07) is -0.457. The molecule has 1 aliphatic rings. The van der Waals surface area contributed by atoms with E-state index in [2.05, 4.69) is 0 Å². The van der Waals surface area contributed by atoms with E-state index in [1.165, 1.54) is 0 Å². The lowest BCUT2D eigenvalue weighted by Crippen LogP contribution is -2.50. The monoisotopic (exact) mass is 158 g/mol. The summed E-state index contributed by atoms with van der Waals surface area (Å²) in [6.45, 7) is 0. The molecule has 5 N–H and O–H groups in total. The Morgan fingerprint density at radius 1 is 1.55 bits per heavy atom. The molecule has 0 saturated heterocycles. The smallest absolute Gasteiger partial charge is 0.247 e. The van der Waals surface area contributed by atoms with Crippen molar-refractivity contribution in [2.45, 2.75) is 31.4 Å². The van der Waals surface area contributed by atoms with Crippen molar-refractivity contribution in [1.29, 1.82) is 0 Å². The summed E-state index contributed by atoms with van der Waals surface area (Å²) in [6.07, 6.45) is 1.99. The first-order valence-electron chi connectivity index (χ1n) is 3.86. The van der Waals surface area contributed by atoms with Gasteiger partial charge in [0.2, 0.25) is 5.91 Å². The fraction of sp³-hybridized carbons (Fsp3) is 0.857. The highest BCUT2D eigenvalue weighted by molar-refractivity contribution is 5.79. The lowest BCUT2D eigenvalue weighted by molar-refractivity contribution is -0.128. The number of carbonyl (C=O) groups is 1. The fourth-order valence-electron chi connectivity index (χ4n) is 1.27. The lowest BCUT2D eigenvalue weighted by atomic mass is 9.78. The number of rotatable bonds is 3. The summed E-state index contributed by atoms with van der Waals surface area (Å²) in [7, 11) is 0. The van der Waals surface area contributed by atoms with Crippen molar-refractivity contribution in [3.8, 4) is 0 Å². The van der Waals surface area contributed by atoms with E-state index in [0.717, 1.165) is 19.3 Å². The van der Waals surface area contributed by atoms with E-state index in [9.17, 15) is 4.79 Å². The van der Waals surface area contributed by atoms with Crippen molar-refractivity contribution >= 4 is 5.91 Å². The van der Waals surface area contributed by atoms with Crippen LogP contribution in [0.1, 0.15) is 19.3 Å². The highest BCUT2D eigenvalue weighted by atomic mass is 16.3. The maximum Gasteiger partial charge on any atom is 0.247 e. The molecule has 0 aromatic rings. The normalized spacial score (nSPS) is 23.8. The molecule has 2 unspecified atom stereocenters. The molecule has 0 spiro atoms. The van der Waals surface area contributed by atoms with Crippen LogP contribution in [0.5, 0.6) is 0 Å². The van der Waals surface area contributed by atoms with Gasteiger partial charge in [0.05, 0.1) is 0 Å². The molecule has 1 amide bonds. The Hall–Kier alpha value is -0.610. The van der Waals surface area contributed by atoms with Crippen molar-refractivity contribution in [3.63, 3.8) is 0 Å². The Labute approximate surface area is 65.6 Å².